The Kier molecular flexibility index (Phi) is 4.24. The van der Waals surface area contributed by atoms with Crippen molar-refractivity contribution in [2.45, 2.75) is 32.2 Å². The van der Waals surface area contributed by atoms with Crippen LogP contribution in [0, 0.1) is 6.92 Å². The molecule has 23 heavy (non-hydrogen) atoms. The largest absolute Gasteiger partial charge is 0.355 e. The fourth-order valence-electron chi connectivity index (χ4n) is 3.09. The van der Waals surface area contributed by atoms with Crippen LogP contribution >= 0.6 is 22.9 Å². The molecule has 7 heteroatoms. The van der Waals surface area contributed by atoms with Gasteiger partial charge in [0.15, 0.2) is 5.76 Å². The molecule has 0 aliphatic carbocycles. The summed E-state index contributed by atoms with van der Waals surface area (Å²) in [5.74, 6) is 1.27. The molecule has 5 nitrogen and oxygen atoms in total. The van der Waals surface area contributed by atoms with E-state index in [4.69, 9.17) is 4.52 Å². The van der Waals surface area contributed by atoms with Gasteiger partial charge in [0.1, 0.15) is 4.88 Å². The first-order valence-electron chi connectivity index (χ1n) is 7.80. The fourth-order valence-corrected chi connectivity index (χ4v) is 4.54. The Bertz CT molecular complexity index is 757. The van der Waals surface area contributed by atoms with Crippen molar-refractivity contribution in [1.29, 1.82) is 0 Å². The number of piperidine rings is 1. The number of hydrogen-bond acceptors (Lipinski definition) is 7. The van der Waals surface area contributed by atoms with Gasteiger partial charge in [0.05, 0.1) is 11.4 Å². The average Bonchev–Trinajstić information content (AvgIpc) is 3.29. The van der Waals surface area contributed by atoms with Crippen molar-refractivity contribution in [3.63, 3.8) is 0 Å². The van der Waals surface area contributed by atoms with Gasteiger partial charge in [-0.2, -0.15) is 0 Å². The van der Waals surface area contributed by atoms with Gasteiger partial charge in [-0.05, 0) is 55.8 Å². The van der Waals surface area contributed by atoms with Crippen molar-refractivity contribution in [2.75, 3.05) is 13.1 Å². The van der Waals surface area contributed by atoms with Crippen LogP contribution in [-0.4, -0.2) is 32.7 Å². The third kappa shape index (κ3) is 3.22. The Balaban J connectivity index is 1.44. The Hall–Kier alpha value is -1.57. The zero-order valence-corrected chi connectivity index (χ0v) is 14.6. The summed E-state index contributed by atoms with van der Waals surface area (Å²) in [7, 11) is 0. The van der Waals surface area contributed by atoms with Gasteiger partial charge in [0, 0.05) is 23.4 Å². The minimum atomic E-state index is 0.466. The van der Waals surface area contributed by atoms with Gasteiger partial charge < -0.3 is 4.52 Å². The van der Waals surface area contributed by atoms with E-state index < -0.39 is 0 Å². The molecule has 1 aliphatic heterocycles. The van der Waals surface area contributed by atoms with Crippen LogP contribution < -0.4 is 0 Å². The molecule has 0 amide bonds. The SMILES string of the molecule is Cc1cc(-c2snnc2C2CCN(Cc3cccs3)CC2)on1. The highest BCUT2D eigenvalue weighted by Gasteiger charge is 2.27. The van der Waals surface area contributed by atoms with Crippen LogP contribution in [0.4, 0.5) is 0 Å². The molecule has 1 aliphatic rings. The zero-order chi connectivity index (χ0) is 15.6. The molecular formula is C16H18N4OS2. The van der Waals surface area contributed by atoms with Gasteiger partial charge in [-0.25, -0.2) is 0 Å². The summed E-state index contributed by atoms with van der Waals surface area (Å²) >= 11 is 3.24. The number of likely N-dealkylation sites (tertiary alicyclic amines) is 1. The molecule has 0 saturated carbocycles. The number of aryl methyl sites for hydroxylation is 1. The maximum atomic E-state index is 5.40. The molecule has 0 aromatic carbocycles. The van der Waals surface area contributed by atoms with E-state index in [-0.39, 0.29) is 0 Å². The number of hydrogen-bond donors (Lipinski definition) is 0. The molecule has 0 bridgehead atoms. The first-order valence-corrected chi connectivity index (χ1v) is 9.45. The van der Waals surface area contributed by atoms with Crippen LogP contribution in [0.5, 0.6) is 0 Å². The second-order valence-corrected chi connectivity index (χ2v) is 7.74. The molecular weight excluding hydrogens is 328 g/mol. The Morgan fingerprint density at radius 2 is 2.22 bits per heavy atom. The molecule has 120 valence electrons. The number of thiophene rings is 1. The predicted octanol–water partition coefficient (Wildman–Crippen LogP) is 3.94. The van der Waals surface area contributed by atoms with Crippen molar-refractivity contribution in [3.8, 4) is 10.6 Å². The maximum Gasteiger partial charge on any atom is 0.180 e. The van der Waals surface area contributed by atoms with Crippen LogP contribution in [0.15, 0.2) is 28.1 Å². The predicted molar refractivity (Wildman–Crippen MR) is 91.7 cm³/mol. The van der Waals surface area contributed by atoms with Crippen LogP contribution in [0.1, 0.15) is 35.0 Å². The molecule has 4 heterocycles. The van der Waals surface area contributed by atoms with Crippen molar-refractivity contribution in [3.05, 3.63) is 39.8 Å². The quantitative estimate of drug-likeness (QED) is 0.716. The smallest absolute Gasteiger partial charge is 0.180 e. The minimum absolute atomic E-state index is 0.466. The molecule has 4 rings (SSSR count). The highest BCUT2D eigenvalue weighted by molar-refractivity contribution is 7.10. The summed E-state index contributed by atoms with van der Waals surface area (Å²) in [4.78, 5) is 5.01. The van der Waals surface area contributed by atoms with Crippen LogP contribution in [0.25, 0.3) is 10.6 Å². The fraction of sp³-hybridized carbons (Fsp3) is 0.438. The average molecular weight is 346 g/mol. The number of nitrogens with zero attached hydrogens (tertiary/aromatic N) is 4. The molecule has 0 radical (unpaired) electrons. The molecule has 0 unspecified atom stereocenters. The Labute approximate surface area is 143 Å². The number of aromatic nitrogens is 3. The van der Waals surface area contributed by atoms with Gasteiger partial charge >= 0.3 is 0 Å². The van der Waals surface area contributed by atoms with Crippen molar-refractivity contribution < 1.29 is 4.52 Å². The minimum Gasteiger partial charge on any atom is -0.355 e. The molecule has 3 aromatic rings. The standard InChI is InChI=1S/C16H18N4OS2/c1-11-9-14(21-18-11)16-15(17-19-23-16)12-4-6-20(7-5-12)10-13-3-2-8-22-13/h2-3,8-9,12H,4-7,10H2,1H3. The lowest BCUT2D eigenvalue weighted by Gasteiger charge is -2.30. The van der Waals surface area contributed by atoms with Gasteiger partial charge in [-0.15, -0.1) is 16.4 Å². The summed E-state index contributed by atoms with van der Waals surface area (Å²) < 4.78 is 9.56. The maximum absolute atomic E-state index is 5.40. The molecule has 0 N–H and O–H groups in total. The summed E-state index contributed by atoms with van der Waals surface area (Å²) in [6, 6.07) is 6.30. The monoisotopic (exact) mass is 346 g/mol. The van der Waals surface area contributed by atoms with Crippen molar-refractivity contribution in [1.82, 2.24) is 19.6 Å². The second-order valence-electron chi connectivity index (χ2n) is 5.95. The topological polar surface area (TPSA) is 55.1 Å². The summed E-state index contributed by atoms with van der Waals surface area (Å²) in [5, 5.41) is 10.5. The first kappa shape index (κ1) is 15.0. The number of rotatable bonds is 4. The highest BCUT2D eigenvalue weighted by Crippen LogP contribution is 2.36. The van der Waals surface area contributed by atoms with E-state index in [0.717, 1.165) is 54.5 Å². The third-order valence-electron chi connectivity index (χ3n) is 4.30. The Morgan fingerprint density at radius 3 is 2.91 bits per heavy atom. The van der Waals surface area contributed by atoms with Gasteiger partial charge in [0.2, 0.25) is 0 Å². The lowest BCUT2D eigenvalue weighted by Crippen LogP contribution is -2.32. The van der Waals surface area contributed by atoms with Gasteiger partial charge in [-0.1, -0.05) is 15.7 Å². The normalized spacial score (nSPS) is 16.9. The van der Waals surface area contributed by atoms with Crippen molar-refractivity contribution >= 4 is 22.9 Å². The van der Waals surface area contributed by atoms with E-state index in [1.54, 1.807) is 0 Å². The second kappa shape index (κ2) is 6.51. The van der Waals surface area contributed by atoms with Gasteiger partial charge in [-0.3, -0.25) is 4.90 Å². The van der Waals surface area contributed by atoms with Gasteiger partial charge in [0.25, 0.3) is 0 Å². The highest BCUT2D eigenvalue weighted by atomic mass is 32.1. The van der Waals surface area contributed by atoms with E-state index >= 15 is 0 Å². The van der Waals surface area contributed by atoms with E-state index in [1.807, 2.05) is 24.3 Å². The molecule has 3 aromatic heterocycles. The summed E-state index contributed by atoms with van der Waals surface area (Å²) in [6.45, 7) is 5.21. The van der Waals surface area contributed by atoms with E-state index in [9.17, 15) is 0 Å². The summed E-state index contributed by atoms with van der Waals surface area (Å²) in [6.07, 6.45) is 2.24. The van der Waals surface area contributed by atoms with Crippen LogP contribution in [-0.2, 0) is 6.54 Å². The first-order chi connectivity index (χ1) is 11.3. The third-order valence-corrected chi connectivity index (χ3v) is 5.92. The molecule has 1 fully saturated rings. The van der Waals surface area contributed by atoms with E-state index in [0.29, 0.717) is 5.92 Å². The molecule has 0 spiro atoms. The van der Waals surface area contributed by atoms with E-state index in [1.165, 1.54) is 16.4 Å². The van der Waals surface area contributed by atoms with E-state index in [2.05, 4.69) is 37.2 Å². The summed E-state index contributed by atoms with van der Waals surface area (Å²) in [5.41, 5.74) is 1.98. The van der Waals surface area contributed by atoms with Crippen LogP contribution in [0.3, 0.4) is 0 Å². The van der Waals surface area contributed by atoms with Crippen molar-refractivity contribution in [2.24, 2.45) is 0 Å². The van der Waals surface area contributed by atoms with Crippen LogP contribution in [0.2, 0.25) is 0 Å². The lowest BCUT2D eigenvalue weighted by atomic mass is 9.92. The molecule has 1 saturated heterocycles. The lowest BCUT2D eigenvalue weighted by molar-refractivity contribution is 0.205. The zero-order valence-electron chi connectivity index (χ0n) is 12.9. The Morgan fingerprint density at radius 1 is 1.35 bits per heavy atom. The molecule has 0 atom stereocenters.